The van der Waals surface area contributed by atoms with Crippen LogP contribution in [0.4, 0.5) is 0 Å². The largest absolute Gasteiger partial charge is 0.299 e. The van der Waals surface area contributed by atoms with Gasteiger partial charge in [0.1, 0.15) is 5.78 Å². The lowest BCUT2D eigenvalue weighted by molar-refractivity contribution is -0.128. The van der Waals surface area contributed by atoms with Gasteiger partial charge in [-0.15, -0.1) is 0 Å². The Hall–Kier alpha value is -0.330. The maximum atomic E-state index is 12.2. The number of carbonyl (C=O) groups is 1. The van der Waals surface area contributed by atoms with Crippen LogP contribution in [0.1, 0.15) is 65.7 Å². The van der Waals surface area contributed by atoms with Crippen LogP contribution >= 0.6 is 0 Å². The highest BCUT2D eigenvalue weighted by Gasteiger charge is 2.63. The maximum absolute atomic E-state index is 12.2. The highest BCUT2D eigenvalue weighted by Crippen LogP contribution is 2.70. The van der Waals surface area contributed by atoms with E-state index in [9.17, 15) is 4.79 Å². The van der Waals surface area contributed by atoms with Gasteiger partial charge in [0.05, 0.1) is 0 Å². The highest BCUT2D eigenvalue weighted by atomic mass is 16.1. The van der Waals surface area contributed by atoms with Crippen LogP contribution in [-0.2, 0) is 4.79 Å². The minimum Gasteiger partial charge on any atom is -0.299 e. The van der Waals surface area contributed by atoms with Crippen LogP contribution in [0, 0.1) is 28.6 Å². The normalized spacial score (nSPS) is 48.6. The predicted molar refractivity (Wildman–Crippen MR) is 69.7 cm³/mol. The summed E-state index contributed by atoms with van der Waals surface area (Å²) >= 11 is 0. The van der Waals surface area contributed by atoms with Crippen molar-refractivity contribution in [3.8, 4) is 0 Å². The van der Waals surface area contributed by atoms with E-state index in [0.29, 0.717) is 28.4 Å². The number of ketones is 1. The molecule has 3 aliphatic carbocycles. The Kier molecular flexibility index (Phi) is 2.48. The molecule has 0 aromatic rings. The fraction of sp³-hybridized carbons (Fsp3) is 0.938. The fourth-order valence-corrected chi connectivity index (χ4v) is 5.31. The number of rotatable bonds is 1. The Morgan fingerprint density at radius 3 is 2.41 bits per heavy atom. The van der Waals surface area contributed by atoms with Crippen LogP contribution in [0.15, 0.2) is 0 Å². The van der Waals surface area contributed by atoms with Crippen molar-refractivity contribution < 1.29 is 4.79 Å². The topological polar surface area (TPSA) is 17.1 Å². The summed E-state index contributed by atoms with van der Waals surface area (Å²) in [6.45, 7) is 7.39. The van der Waals surface area contributed by atoms with E-state index in [0.717, 1.165) is 18.8 Å². The summed E-state index contributed by atoms with van der Waals surface area (Å²) in [5, 5.41) is 0. The first kappa shape index (κ1) is 11.7. The molecule has 0 unspecified atom stereocenters. The molecule has 0 heterocycles. The molecule has 0 aromatic heterocycles. The van der Waals surface area contributed by atoms with Crippen molar-refractivity contribution in [3.05, 3.63) is 0 Å². The Balaban J connectivity index is 1.88. The quantitative estimate of drug-likeness (QED) is 0.664. The molecule has 3 aliphatic rings. The molecule has 0 aliphatic heterocycles. The second-order valence-electron chi connectivity index (χ2n) is 7.54. The van der Waals surface area contributed by atoms with Crippen molar-refractivity contribution in [2.24, 2.45) is 28.6 Å². The molecule has 1 nitrogen and oxygen atoms in total. The van der Waals surface area contributed by atoms with Crippen molar-refractivity contribution in [1.29, 1.82) is 0 Å². The Morgan fingerprint density at radius 1 is 1.12 bits per heavy atom. The zero-order valence-electron chi connectivity index (χ0n) is 11.6. The molecule has 0 aromatic carbocycles. The minimum absolute atomic E-state index is 0.415. The van der Waals surface area contributed by atoms with Crippen molar-refractivity contribution >= 4 is 5.78 Å². The number of hydrogen-bond acceptors (Lipinski definition) is 1. The first-order chi connectivity index (χ1) is 7.97. The zero-order chi connectivity index (χ0) is 12.3. The summed E-state index contributed by atoms with van der Waals surface area (Å²) in [6.07, 6.45) is 8.57. The second-order valence-corrected chi connectivity index (χ2v) is 7.54. The van der Waals surface area contributed by atoms with Crippen LogP contribution in [-0.4, -0.2) is 5.78 Å². The minimum atomic E-state index is 0.415. The molecule has 3 rings (SSSR count). The fourth-order valence-electron chi connectivity index (χ4n) is 5.31. The van der Waals surface area contributed by atoms with Crippen LogP contribution in [0.2, 0.25) is 0 Å². The summed E-state index contributed by atoms with van der Waals surface area (Å²) in [6, 6.07) is 0. The molecule has 4 atom stereocenters. The van der Waals surface area contributed by atoms with Gasteiger partial charge in [-0.05, 0) is 54.8 Å². The van der Waals surface area contributed by atoms with Gasteiger partial charge in [0, 0.05) is 12.3 Å². The van der Waals surface area contributed by atoms with E-state index in [1.165, 1.54) is 32.1 Å². The number of Topliss-reactive ketones (excluding diaryl/α,β-unsaturated/α-hetero) is 1. The summed E-state index contributed by atoms with van der Waals surface area (Å²) in [7, 11) is 0. The van der Waals surface area contributed by atoms with Crippen molar-refractivity contribution in [3.63, 3.8) is 0 Å². The van der Waals surface area contributed by atoms with Crippen LogP contribution in [0.3, 0.4) is 0 Å². The number of hydrogen-bond donors (Lipinski definition) is 0. The molecule has 1 heteroatoms. The third-order valence-corrected chi connectivity index (χ3v) is 6.95. The Bertz CT molecular complexity index is 343. The molecule has 0 N–H and O–H groups in total. The van der Waals surface area contributed by atoms with Crippen molar-refractivity contribution in [2.75, 3.05) is 0 Å². The zero-order valence-corrected chi connectivity index (χ0v) is 11.6. The molecule has 96 valence electrons. The molecular formula is C16H26O. The van der Waals surface area contributed by atoms with Gasteiger partial charge in [0.15, 0.2) is 0 Å². The van der Waals surface area contributed by atoms with Gasteiger partial charge in [0.2, 0.25) is 0 Å². The van der Waals surface area contributed by atoms with Crippen molar-refractivity contribution in [2.45, 2.75) is 65.7 Å². The number of fused-ring (bicyclic) bond motifs is 2. The summed E-state index contributed by atoms with van der Waals surface area (Å²) in [5.41, 5.74) is 0.907. The average molecular weight is 234 g/mol. The molecular weight excluding hydrogens is 208 g/mol. The van der Waals surface area contributed by atoms with Gasteiger partial charge in [-0.2, -0.15) is 0 Å². The van der Waals surface area contributed by atoms with E-state index in [2.05, 4.69) is 20.8 Å². The third kappa shape index (κ3) is 1.40. The lowest BCUT2D eigenvalue weighted by atomic mass is 9.61. The predicted octanol–water partition coefficient (Wildman–Crippen LogP) is 4.21. The van der Waals surface area contributed by atoms with E-state index in [1.54, 1.807) is 0 Å². The standard InChI is InChI=1S/C16H26O/c1-15(2)11-8-9-16(15,3)13(10-11)12-6-4-5-7-14(12)17/h11-13H,4-10H2,1-3H3/t11-,12-,13+,16-/m1/s1. The van der Waals surface area contributed by atoms with Crippen LogP contribution < -0.4 is 0 Å². The summed E-state index contributed by atoms with van der Waals surface area (Å²) in [4.78, 5) is 12.2. The first-order valence-electron chi connectivity index (χ1n) is 7.49. The van der Waals surface area contributed by atoms with E-state index in [-0.39, 0.29) is 0 Å². The summed E-state index contributed by atoms with van der Waals surface area (Å²) < 4.78 is 0. The van der Waals surface area contributed by atoms with E-state index in [1.807, 2.05) is 0 Å². The SMILES string of the molecule is CC1(C)[C@@H]2CC[C@]1(C)[C@H]([C@H]1CCCCC1=O)C2. The molecule has 17 heavy (non-hydrogen) atoms. The van der Waals surface area contributed by atoms with E-state index >= 15 is 0 Å². The molecule has 0 saturated heterocycles. The molecule has 0 amide bonds. The smallest absolute Gasteiger partial charge is 0.136 e. The maximum Gasteiger partial charge on any atom is 0.136 e. The Morgan fingerprint density at radius 2 is 1.88 bits per heavy atom. The van der Waals surface area contributed by atoms with Gasteiger partial charge >= 0.3 is 0 Å². The Labute approximate surface area is 105 Å². The van der Waals surface area contributed by atoms with E-state index < -0.39 is 0 Å². The number of carbonyl (C=O) groups excluding carboxylic acids is 1. The van der Waals surface area contributed by atoms with E-state index in [4.69, 9.17) is 0 Å². The highest BCUT2D eigenvalue weighted by molar-refractivity contribution is 5.82. The average Bonchev–Trinajstić information content (AvgIpc) is 2.62. The lowest BCUT2D eigenvalue weighted by Crippen LogP contribution is -2.39. The summed E-state index contributed by atoms with van der Waals surface area (Å²) in [5.74, 6) is 2.58. The van der Waals surface area contributed by atoms with Crippen LogP contribution in [0.5, 0.6) is 0 Å². The monoisotopic (exact) mass is 234 g/mol. The second kappa shape index (κ2) is 3.59. The molecule has 3 saturated carbocycles. The van der Waals surface area contributed by atoms with Gasteiger partial charge in [-0.25, -0.2) is 0 Å². The molecule has 0 spiro atoms. The molecule has 3 fully saturated rings. The van der Waals surface area contributed by atoms with Gasteiger partial charge in [-0.1, -0.05) is 27.2 Å². The van der Waals surface area contributed by atoms with Gasteiger partial charge in [0.25, 0.3) is 0 Å². The third-order valence-electron chi connectivity index (χ3n) is 6.95. The van der Waals surface area contributed by atoms with Crippen molar-refractivity contribution in [1.82, 2.24) is 0 Å². The lowest BCUT2D eigenvalue weighted by Gasteiger charge is -2.43. The first-order valence-corrected chi connectivity index (χ1v) is 7.49. The molecule has 0 radical (unpaired) electrons. The van der Waals surface area contributed by atoms with Crippen LogP contribution in [0.25, 0.3) is 0 Å². The molecule has 2 bridgehead atoms. The van der Waals surface area contributed by atoms with Gasteiger partial charge in [-0.3, -0.25) is 4.79 Å². The van der Waals surface area contributed by atoms with Gasteiger partial charge < -0.3 is 0 Å².